The van der Waals surface area contributed by atoms with Gasteiger partial charge in [-0.15, -0.1) is 0 Å². The molecule has 0 unspecified atom stereocenters. The molecule has 0 aliphatic carbocycles. The number of thioether (sulfide) groups is 1. The van der Waals surface area contributed by atoms with Crippen LogP contribution in [0.2, 0.25) is 0 Å². The van der Waals surface area contributed by atoms with E-state index in [9.17, 15) is 14.4 Å². The van der Waals surface area contributed by atoms with E-state index >= 15 is 0 Å². The normalized spacial score (nSPS) is 22.1. The van der Waals surface area contributed by atoms with Gasteiger partial charge in [-0.1, -0.05) is 18.2 Å². The third-order valence-electron chi connectivity index (χ3n) is 3.79. The maximum atomic E-state index is 12.0. The molecule has 7 heteroatoms. The van der Waals surface area contributed by atoms with Crippen molar-refractivity contribution in [2.24, 2.45) is 0 Å². The number of carbonyl (C=O) groups excluding carboxylic acids is 3. The van der Waals surface area contributed by atoms with E-state index in [1.807, 2.05) is 6.92 Å². The van der Waals surface area contributed by atoms with E-state index in [-0.39, 0.29) is 35.4 Å². The number of nitrogens with zero attached hydrogens (tertiary/aromatic N) is 2. The smallest absolute Gasteiger partial charge is 0.288 e. The van der Waals surface area contributed by atoms with E-state index in [4.69, 9.17) is 0 Å². The molecule has 0 spiro atoms. The van der Waals surface area contributed by atoms with E-state index in [1.54, 1.807) is 0 Å². The highest BCUT2D eigenvalue weighted by Crippen LogP contribution is 2.17. The first-order valence-corrected chi connectivity index (χ1v) is 8.07. The fraction of sp³-hybridized carbons (Fsp3) is 0.769. The second-order valence-corrected chi connectivity index (χ2v) is 6.09. The number of likely N-dealkylation sites (tertiary alicyclic amines) is 1. The molecule has 0 aromatic rings. The molecule has 0 radical (unpaired) electrons. The minimum absolute atomic E-state index is 0.0290. The number of nitrogens with one attached hydrogen (secondary N) is 1. The largest absolute Gasteiger partial charge is 0.353 e. The van der Waals surface area contributed by atoms with Crippen LogP contribution in [0.4, 0.5) is 4.79 Å². The summed E-state index contributed by atoms with van der Waals surface area (Å²) in [6.45, 7) is 4.43. The zero-order chi connectivity index (χ0) is 14.5. The van der Waals surface area contributed by atoms with Crippen molar-refractivity contribution in [1.82, 2.24) is 15.1 Å². The Bertz CT molecular complexity index is 380. The lowest BCUT2D eigenvalue weighted by atomic mass is 10.1. The Morgan fingerprint density at radius 2 is 2.00 bits per heavy atom. The number of hydrogen-bond acceptors (Lipinski definition) is 5. The van der Waals surface area contributed by atoms with E-state index in [0.29, 0.717) is 6.54 Å². The van der Waals surface area contributed by atoms with Crippen molar-refractivity contribution in [2.75, 3.05) is 31.9 Å². The van der Waals surface area contributed by atoms with Crippen LogP contribution in [0.1, 0.15) is 26.2 Å². The summed E-state index contributed by atoms with van der Waals surface area (Å²) in [4.78, 5) is 38.2. The molecule has 1 atom stereocenters. The number of imide groups is 1. The summed E-state index contributed by atoms with van der Waals surface area (Å²) in [5, 5.41) is 2.60. The first-order valence-electron chi connectivity index (χ1n) is 7.08. The Morgan fingerprint density at radius 3 is 2.60 bits per heavy atom. The molecule has 112 valence electrons. The molecule has 1 N–H and O–H groups in total. The summed E-state index contributed by atoms with van der Waals surface area (Å²) in [7, 11) is 0. The Hall–Kier alpha value is -1.08. The van der Waals surface area contributed by atoms with Crippen LogP contribution in [-0.4, -0.2) is 64.8 Å². The first kappa shape index (κ1) is 15.3. The van der Waals surface area contributed by atoms with Crippen LogP contribution in [-0.2, 0) is 9.59 Å². The zero-order valence-electron chi connectivity index (χ0n) is 11.8. The Labute approximate surface area is 123 Å². The molecule has 2 fully saturated rings. The van der Waals surface area contributed by atoms with E-state index < -0.39 is 0 Å². The minimum Gasteiger partial charge on any atom is -0.353 e. The topological polar surface area (TPSA) is 69.7 Å². The summed E-state index contributed by atoms with van der Waals surface area (Å²) in [5.74, 6) is 0.0220. The Balaban J connectivity index is 1.71. The molecule has 2 aliphatic heterocycles. The molecule has 0 saturated carbocycles. The van der Waals surface area contributed by atoms with Crippen molar-refractivity contribution in [1.29, 1.82) is 0 Å². The molecular weight excluding hydrogens is 278 g/mol. The maximum absolute atomic E-state index is 12.0. The van der Waals surface area contributed by atoms with Crippen LogP contribution >= 0.6 is 11.8 Å². The minimum atomic E-state index is -0.215. The van der Waals surface area contributed by atoms with Crippen LogP contribution in [0, 0.1) is 0 Å². The third-order valence-corrected chi connectivity index (χ3v) is 4.65. The molecule has 6 nitrogen and oxygen atoms in total. The van der Waals surface area contributed by atoms with Gasteiger partial charge in [-0.3, -0.25) is 24.2 Å². The van der Waals surface area contributed by atoms with Gasteiger partial charge in [0.05, 0.1) is 11.8 Å². The van der Waals surface area contributed by atoms with Crippen molar-refractivity contribution in [3.05, 3.63) is 0 Å². The number of hydrogen-bond donors (Lipinski definition) is 1. The van der Waals surface area contributed by atoms with E-state index in [0.717, 1.165) is 37.7 Å². The molecule has 3 amide bonds. The van der Waals surface area contributed by atoms with Gasteiger partial charge in [0.1, 0.15) is 0 Å². The average Bonchev–Trinajstić information content (AvgIpc) is 2.79. The van der Waals surface area contributed by atoms with Crippen LogP contribution in [0.25, 0.3) is 0 Å². The predicted octanol–water partition coefficient (Wildman–Crippen LogP) is 0.672. The van der Waals surface area contributed by atoms with Crippen molar-refractivity contribution in [3.8, 4) is 0 Å². The second kappa shape index (κ2) is 7.08. The highest BCUT2D eigenvalue weighted by molar-refractivity contribution is 8.14. The number of piperidine rings is 1. The second-order valence-electron chi connectivity index (χ2n) is 5.16. The van der Waals surface area contributed by atoms with Crippen LogP contribution in [0.3, 0.4) is 0 Å². The first-order chi connectivity index (χ1) is 9.59. The summed E-state index contributed by atoms with van der Waals surface area (Å²) < 4.78 is 0. The fourth-order valence-electron chi connectivity index (χ4n) is 2.51. The van der Waals surface area contributed by atoms with Gasteiger partial charge in [-0.05, 0) is 32.9 Å². The Morgan fingerprint density at radius 1 is 1.30 bits per heavy atom. The molecule has 0 bridgehead atoms. The number of rotatable bonds is 5. The van der Waals surface area contributed by atoms with Gasteiger partial charge in [0.25, 0.3) is 5.24 Å². The van der Waals surface area contributed by atoms with E-state index in [1.165, 1.54) is 11.3 Å². The fourth-order valence-corrected chi connectivity index (χ4v) is 3.26. The summed E-state index contributed by atoms with van der Waals surface area (Å²) in [6, 6.07) is -0.144. The van der Waals surface area contributed by atoms with Crippen molar-refractivity contribution in [3.63, 3.8) is 0 Å². The van der Waals surface area contributed by atoms with Gasteiger partial charge >= 0.3 is 0 Å². The van der Waals surface area contributed by atoms with Gasteiger partial charge in [0, 0.05) is 13.1 Å². The number of carbonyl (C=O) groups is 3. The van der Waals surface area contributed by atoms with Gasteiger partial charge in [-0.2, -0.15) is 0 Å². The summed E-state index contributed by atoms with van der Waals surface area (Å²) in [6.07, 6.45) is 3.53. The lowest BCUT2D eigenvalue weighted by Crippen LogP contribution is -2.48. The molecule has 0 aromatic carbocycles. The molecule has 0 aromatic heterocycles. The zero-order valence-corrected chi connectivity index (χ0v) is 12.6. The summed E-state index contributed by atoms with van der Waals surface area (Å²) >= 11 is 1.02. The van der Waals surface area contributed by atoms with Gasteiger partial charge < -0.3 is 5.32 Å². The van der Waals surface area contributed by atoms with Crippen LogP contribution in [0.5, 0.6) is 0 Å². The van der Waals surface area contributed by atoms with Gasteiger partial charge in [0.2, 0.25) is 11.8 Å². The van der Waals surface area contributed by atoms with E-state index in [2.05, 4.69) is 10.2 Å². The Kier molecular flexibility index (Phi) is 5.42. The quantitative estimate of drug-likeness (QED) is 0.808. The molecule has 20 heavy (non-hydrogen) atoms. The number of amides is 3. The molecule has 2 aliphatic rings. The van der Waals surface area contributed by atoms with Crippen LogP contribution in [0.15, 0.2) is 0 Å². The van der Waals surface area contributed by atoms with Gasteiger partial charge in [0.15, 0.2) is 0 Å². The summed E-state index contributed by atoms with van der Waals surface area (Å²) in [5.41, 5.74) is 0. The lowest BCUT2D eigenvalue weighted by molar-refractivity contribution is -0.127. The molecule has 2 rings (SSSR count). The molecule has 2 heterocycles. The van der Waals surface area contributed by atoms with Crippen molar-refractivity contribution < 1.29 is 14.4 Å². The van der Waals surface area contributed by atoms with Crippen LogP contribution < -0.4 is 5.32 Å². The maximum Gasteiger partial charge on any atom is 0.288 e. The van der Waals surface area contributed by atoms with Crippen molar-refractivity contribution >= 4 is 28.8 Å². The average molecular weight is 299 g/mol. The van der Waals surface area contributed by atoms with Crippen molar-refractivity contribution in [2.45, 2.75) is 32.2 Å². The predicted molar refractivity (Wildman–Crippen MR) is 77.5 cm³/mol. The highest BCUT2D eigenvalue weighted by atomic mass is 32.2. The highest BCUT2D eigenvalue weighted by Gasteiger charge is 2.29. The standard InChI is InChI=1S/C13H21N3O3S/c1-10(15-6-3-2-4-7-15)12(18)14-5-8-16-11(17)9-20-13(16)19/h10H,2-9H2,1H3,(H,14,18)/t10-/m1/s1. The molecule has 2 saturated heterocycles. The third kappa shape index (κ3) is 3.73. The monoisotopic (exact) mass is 299 g/mol. The van der Waals surface area contributed by atoms with Gasteiger partial charge in [-0.25, -0.2) is 0 Å². The molecular formula is C13H21N3O3S. The SMILES string of the molecule is C[C@H](C(=O)NCCN1C(=O)CSC1=O)N1CCCCC1. The lowest BCUT2D eigenvalue weighted by Gasteiger charge is -2.31.